The summed E-state index contributed by atoms with van der Waals surface area (Å²) in [5.74, 6) is -0.524. The molecule has 12 heteroatoms. The van der Waals surface area contributed by atoms with Crippen LogP contribution in [0.5, 0.6) is 0 Å². The zero-order valence-electron chi connectivity index (χ0n) is 18.4. The summed E-state index contributed by atoms with van der Waals surface area (Å²) in [6.07, 6.45) is 0.641. The van der Waals surface area contributed by atoms with Crippen molar-refractivity contribution in [3.05, 3.63) is 70.7 Å². The third-order valence-corrected chi connectivity index (χ3v) is 7.15. The molecule has 1 saturated heterocycles. The van der Waals surface area contributed by atoms with Crippen LogP contribution in [0.15, 0.2) is 69.1 Å². The van der Waals surface area contributed by atoms with Gasteiger partial charge in [0.05, 0.1) is 18.9 Å². The lowest BCUT2D eigenvalue weighted by atomic mass is 9.86. The highest BCUT2D eigenvalue weighted by Crippen LogP contribution is 2.30. The lowest BCUT2D eigenvalue weighted by molar-refractivity contribution is 0.0730. The Morgan fingerprint density at radius 1 is 1.03 bits per heavy atom. The van der Waals surface area contributed by atoms with Crippen LogP contribution in [0.25, 0.3) is 0 Å². The second kappa shape index (κ2) is 10.5. The predicted molar refractivity (Wildman–Crippen MR) is 133 cm³/mol. The molecule has 2 aromatic rings. The lowest BCUT2D eigenvalue weighted by Crippen LogP contribution is -2.42. The van der Waals surface area contributed by atoms with Gasteiger partial charge in [0.25, 0.3) is 5.96 Å². The number of hydrogen-bond donors (Lipinski definition) is 2. The number of guanidine groups is 2. The SMILES string of the molecule is NC(N)=N/C(=N\S(=O)(=O)N1CCOCC1)N1CCC(c2ccccc2)C(c2ccc(Cl)cc2)=N1. The number of hydrazone groups is 1. The van der Waals surface area contributed by atoms with Crippen LogP contribution in [0.3, 0.4) is 0 Å². The molecule has 0 bridgehead atoms. The summed E-state index contributed by atoms with van der Waals surface area (Å²) in [4.78, 5) is 4.00. The number of ether oxygens (including phenoxy) is 1. The Morgan fingerprint density at radius 2 is 1.71 bits per heavy atom. The van der Waals surface area contributed by atoms with E-state index in [1.54, 1.807) is 12.1 Å². The minimum absolute atomic E-state index is 0.0186. The van der Waals surface area contributed by atoms with Crippen molar-refractivity contribution in [2.75, 3.05) is 32.8 Å². The molecule has 2 aliphatic rings. The molecule has 0 aromatic heterocycles. The average Bonchev–Trinajstić information content (AvgIpc) is 2.84. The van der Waals surface area contributed by atoms with E-state index in [0.29, 0.717) is 31.2 Å². The van der Waals surface area contributed by atoms with Gasteiger partial charge < -0.3 is 16.2 Å². The normalized spacial score (nSPS) is 20.0. The minimum atomic E-state index is -4.04. The van der Waals surface area contributed by atoms with Crippen molar-refractivity contribution in [1.29, 1.82) is 0 Å². The first-order valence-corrected chi connectivity index (χ1v) is 12.6. The Kier molecular flexibility index (Phi) is 7.47. The van der Waals surface area contributed by atoms with Crippen LogP contribution < -0.4 is 11.5 Å². The van der Waals surface area contributed by atoms with Crippen LogP contribution in [0.1, 0.15) is 23.5 Å². The Balaban J connectivity index is 1.76. The van der Waals surface area contributed by atoms with Crippen molar-refractivity contribution in [3.8, 4) is 0 Å². The van der Waals surface area contributed by atoms with Gasteiger partial charge in [-0.05, 0) is 29.7 Å². The molecule has 1 atom stereocenters. The number of aliphatic imine (C=N–C) groups is 1. The van der Waals surface area contributed by atoms with Gasteiger partial charge in [-0.1, -0.05) is 54.1 Å². The summed E-state index contributed by atoms with van der Waals surface area (Å²) < 4.78 is 36.3. The van der Waals surface area contributed by atoms with E-state index >= 15 is 0 Å². The Labute approximate surface area is 203 Å². The Bertz CT molecular complexity index is 1190. The van der Waals surface area contributed by atoms with Crippen LogP contribution in [-0.4, -0.2) is 68.2 Å². The molecule has 0 aliphatic carbocycles. The molecule has 4 rings (SSSR count). The molecule has 2 heterocycles. The molecule has 10 nitrogen and oxygen atoms in total. The average molecular weight is 504 g/mol. The van der Waals surface area contributed by atoms with Crippen LogP contribution in [0.2, 0.25) is 5.02 Å². The van der Waals surface area contributed by atoms with Gasteiger partial charge in [-0.2, -0.15) is 22.8 Å². The van der Waals surface area contributed by atoms with E-state index in [1.807, 2.05) is 42.5 Å². The molecule has 0 radical (unpaired) electrons. The van der Waals surface area contributed by atoms with E-state index < -0.39 is 10.2 Å². The zero-order valence-corrected chi connectivity index (χ0v) is 20.0. The summed E-state index contributed by atoms with van der Waals surface area (Å²) in [6.45, 7) is 1.37. The van der Waals surface area contributed by atoms with Crippen LogP contribution in [0.4, 0.5) is 0 Å². The summed E-state index contributed by atoms with van der Waals surface area (Å²) >= 11 is 6.09. The van der Waals surface area contributed by atoms with E-state index in [-0.39, 0.29) is 30.9 Å². The summed E-state index contributed by atoms with van der Waals surface area (Å²) in [6, 6.07) is 17.3. The number of nitrogens with zero attached hydrogens (tertiary/aromatic N) is 5. The smallest absolute Gasteiger partial charge is 0.325 e. The molecule has 2 aromatic carbocycles. The molecule has 180 valence electrons. The number of benzene rings is 2. The molecule has 2 aliphatic heterocycles. The molecule has 0 spiro atoms. The van der Waals surface area contributed by atoms with Crippen molar-refractivity contribution >= 4 is 39.4 Å². The molecular formula is C22H26ClN7O3S. The van der Waals surface area contributed by atoms with Gasteiger partial charge in [-0.25, -0.2) is 5.01 Å². The first-order chi connectivity index (χ1) is 16.3. The first kappa shape index (κ1) is 24.1. The third kappa shape index (κ3) is 5.73. The number of halogens is 1. The van der Waals surface area contributed by atoms with Gasteiger partial charge in [0.2, 0.25) is 0 Å². The number of nitrogens with two attached hydrogens (primary N) is 2. The Hall–Kier alpha value is -2.99. The van der Waals surface area contributed by atoms with Crippen LogP contribution >= 0.6 is 11.6 Å². The maximum atomic E-state index is 12.9. The maximum Gasteiger partial charge on any atom is 0.325 e. The second-order valence-electron chi connectivity index (χ2n) is 7.78. The lowest BCUT2D eigenvalue weighted by Gasteiger charge is -2.31. The van der Waals surface area contributed by atoms with Crippen molar-refractivity contribution < 1.29 is 13.2 Å². The van der Waals surface area contributed by atoms with Crippen LogP contribution in [-0.2, 0) is 14.9 Å². The molecule has 0 amide bonds. The van der Waals surface area contributed by atoms with Crippen molar-refractivity contribution in [1.82, 2.24) is 9.31 Å². The molecular weight excluding hydrogens is 478 g/mol. The van der Waals surface area contributed by atoms with Crippen molar-refractivity contribution in [3.63, 3.8) is 0 Å². The van der Waals surface area contributed by atoms with Gasteiger partial charge in [0, 0.05) is 30.6 Å². The minimum Gasteiger partial charge on any atom is -0.379 e. The Morgan fingerprint density at radius 3 is 2.35 bits per heavy atom. The van der Waals surface area contributed by atoms with Crippen molar-refractivity contribution in [2.24, 2.45) is 26.0 Å². The fraction of sp³-hybridized carbons (Fsp3) is 0.318. The van der Waals surface area contributed by atoms with Gasteiger partial charge in [0.15, 0.2) is 5.96 Å². The number of morpholine rings is 1. The summed E-state index contributed by atoms with van der Waals surface area (Å²) in [5, 5.41) is 6.81. The number of hydrogen-bond acceptors (Lipinski definition) is 4. The van der Waals surface area contributed by atoms with Crippen molar-refractivity contribution in [2.45, 2.75) is 12.3 Å². The van der Waals surface area contributed by atoms with E-state index in [2.05, 4.69) is 9.39 Å². The third-order valence-electron chi connectivity index (χ3n) is 5.48. The quantitative estimate of drug-likeness (QED) is 0.481. The van der Waals surface area contributed by atoms with E-state index in [0.717, 1.165) is 16.8 Å². The summed E-state index contributed by atoms with van der Waals surface area (Å²) in [5.41, 5.74) is 13.9. The first-order valence-electron chi connectivity index (χ1n) is 10.8. The van der Waals surface area contributed by atoms with E-state index in [1.165, 1.54) is 9.31 Å². The number of rotatable bonds is 4. The predicted octanol–water partition coefficient (Wildman–Crippen LogP) is 1.74. The molecule has 1 unspecified atom stereocenters. The fourth-order valence-electron chi connectivity index (χ4n) is 3.85. The molecule has 1 fully saturated rings. The highest BCUT2D eigenvalue weighted by Gasteiger charge is 2.30. The highest BCUT2D eigenvalue weighted by atomic mass is 35.5. The van der Waals surface area contributed by atoms with E-state index in [4.69, 9.17) is 32.9 Å². The monoisotopic (exact) mass is 503 g/mol. The van der Waals surface area contributed by atoms with Gasteiger partial charge in [0.1, 0.15) is 0 Å². The van der Waals surface area contributed by atoms with E-state index in [9.17, 15) is 8.42 Å². The molecule has 4 N–H and O–H groups in total. The van der Waals surface area contributed by atoms with Crippen LogP contribution in [0, 0.1) is 0 Å². The second-order valence-corrected chi connectivity index (χ2v) is 9.82. The topological polar surface area (TPSA) is 139 Å². The van der Waals surface area contributed by atoms with Gasteiger partial charge in [-0.3, -0.25) is 0 Å². The zero-order chi connectivity index (χ0) is 24.1. The fourth-order valence-corrected chi connectivity index (χ4v) is 5.04. The largest absolute Gasteiger partial charge is 0.379 e. The maximum absolute atomic E-state index is 12.9. The summed E-state index contributed by atoms with van der Waals surface area (Å²) in [7, 11) is -4.04. The highest BCUT2D eigenvalue weighted by molar-refractivity contribution is 7.87. The van der Waals surface area contributed by atoms with Gasteiger partial charge in [-0.15, -0.1) is 4.40 Å². The molecule has 0 saturated carbocycles. The molecule has 34 heavy (non-hydrogen) atoms. The van der Waals surface area contributed by atoms with Gasteiger partial charge >= 0.3 is 10.2 Å². The standard InChI is InChI=1S/C22H26ClN7O3S/c23-18-8-6-17(7-9-18)20-19(16-4-2-1-3-5-16)10-11-30(27-20)22(26-21(24)25)28-34(31,32)29-12-14-33-15-13-29/h1-9,19H,10-15H2,(H4,24,25,26,28).